The first-order valence-electron chi connectivity index (χ1n) is 3.48. The predicted octanol–water partition coefficient (Wildman–Crippen LogP) is 2.98. The summed E-state index contributed by atoms with van der Waals surface area (Å²) in [5, 5.41) is 0.918. The molecule has 12 heavy (non-hydrogen) atoms. The zero-order chi connectivity index (χ0) is 8.81. The van der Waals surface area contributed by atoms with Crippen LogP contribution in [0.4, 0.5) is 0 Å². The van der Waals surface area contributed by atoms with Gasteiger partial charge in [-0.05, 0) is 22.0 Å². The van der Waals surface area contributed by atoms with Crippen LogP contribution in [0.2, 0.25) is 0 Å². The smallest absolute Gasteiger partial charge is 0.0439 e. The lowest BCUT2D eigenvalue weighted by molar-refractivity contribution is 1.29. The lowest BCUT2D eigenvalue weighted by Gasteiger charge is -1.89. The summed E-state index contributed by atoms with van der Waals surface area (Å²) in [6.07, 6.45) is 4.37. The van der Waals surface area contributed by atoms with E-state index in [0.717, 1.165) is 21.8 Å². The summed E-state index contributed by atoms with van der Waals surface area (Å²) in [6, 6.07) is 1.95. The average Bonchev–Trinajstić information content (AvgIpc) is 2.05. The topological polar surface area (TPSA) is 12.9 Å². The summed E-state index contributed by atoms with van der Waals surface area (Å²) in [5.41, 5.74) is 0.949. The van der Waals surface area contributed by atoms with Crippen LogP contribution in [0.15, 0.2) is 22.9 Å². The van der Waals surface area contributed by atoms with Gasteiger partial charge in [0.1, 0.15) is 0 Å². The second-order valence-corrected chi connectivity index (χ2v) is 3.84. The maximum Gasteiger partial charge on any atom is 0.0439 e. The molecule has 0 fully saturated rings. The van der Waals surface area contributed by atoms with Crippen LogP contribution in [0, 0.1) is 11.8 Å². The Morgan fingerprint density at radius 3 is 2.92 bits per heavy atom. The zero-order valence-electron chi connectivity index (χ0n) is 6.35. The van der Waals surface area contributed by atoms with Crippen molar-refractivity contribution in [3.63, 3.8) is 0 Å². The number of aromatic nitrogens is 1. The van der Waals surface area contributed by atoms with Crippen LogP contribution >= 0.6 is 31.9 Å². The fraction of sp³-hybridized carbons (Fsp3) is 0.222. The molecule has 1 aromatic rings. The van der Waals surface area contributed by atoms with Crippen molar-refractivity contribution in [1.82, 2.24) is 4.98 Å². The average molecular weight is 289 g/mol. The molecule has 0 aliphatic heterocycles. The molecule has 0 aliphatic carbocycles. The molecule has 0 amide bonds. The van der Waals surface area contributed by atoms with Gasteiger partial charge in [-0.25, -0.2) is 0 Å². The third kappa shape index (κ3) is 3.38. The van der Waals surface area contributed by atoms with Gasteiger partial charge in [0.05, 0.1) is 0 Å². The number of alkyl halides is 1. The van der Waals surface area contributed by atoms with Crippen LogP contribution in [0.1, 0.15) is 12.0 Å². The Bertz CT molecular complexity index is 312. The Hall–Kier alpha value is -0.330. The molecule has 0 aliphatic rings. The van der Waals surface area contributed by atoms with Gasteiger partial charge in [-0.15, -0.1) is 0 Å². The molecule has 0 aromatic carbocycles. The monoisotopic (exact) mass is 287 g/mol. The van der Waals surface area contributed by atoms with Crippen LogP contribution in [-0.4, -0.2) is 10.3 Å². The first-order valence-corrected chi connectivity index (χ1v) is 5.40. The number of nitrogens with zero attached hydrogens (tertiary/aromatic N) is 1. The molecule has 1 rings (SSSR count). The molecule has 1 aromatic heterocycles. The summed E-state index contributed by atoms with van der Waals surface area (Å²) in [6.45, 7) is 0. The van der Waals surface area contributed by atoms with Gasteiger partial charge in [-0.2, -0.15) is 0 Å². The van der Waals surface area contributed by atoms with Crippen LogP contribution in [0.3, 0.4) is 0 Å². The minimum atomic E-state index is 0.868. The Labute approximate surface area is 88.8 Å². The molecule has 0 saturated carbocycles. The van der Waals surface area contributed by atoms with Gasteiger partial charge in [0.2, 0.25) is 0 Å². The van der Waals surface area contributed by atoms with Gasteiger partial charge in [0.25, 0.3) is 0 Å². The molecule has 0 unspecified atom stereocenters. The second kappa shape index (κ2) is 5.34. The SMILES string of the molecule is BrCCC#Cc1cncc(Br)c1. The number of hydrogen-bond acceptors (Lipinski definition) is 1. The molecule has 1 heterocycles. The Kier molecular flexibility index (Phi) is 4.34. The van der Waals surface area contributed by atoms with Crippen molar-refractivity contribution >= 4 is 31.9 Å². The minimum Gasteiger partial charge on any atom is -0.262 e. The van der Waals surface area contributed by atoms with Crippen molar-refractivity contribution < 1.29 is 0 Å². The van der Waals surface area contributed by atoms with E-state index < -0.39 is 0 Å². The van der Waals surface area contributed by atoms with Gasteiger partial charge in [0, 0.05) is 34.2 Å². The highest BCUT2D eigenvalue weighted by Gasteiger charge is 1.88. The van der Waals surface area contributed by atoms with Gasteiger partial charge in [-0.1, -0.05) is 27.8 Å². The molecular weight excluding hydrogens is 282 g/mol. The first kappa shape index (κ1) is 9.76. The van der Waals surface area contributed by atoms with E-state index in [2.05, 4.69) is 48.7 Å². The van der Waals surface area contributed by atoms with Gasteiger partial charge in [0.15, 0.2) is 0 Å². The fourth-order valence-electron chi connectivity index (χ4n) is 0.692. The summed E-state index contributed by atoms with van der Waals surface area (Å²) < 4.78 is 0.966. The predicted molar refractivity (Wildman–Crippen MR) is 57.2 cm³/mol. The normalized spacial score (nSPS) is 8.83. The Morgan fingerprint density at radius 1 is 1.42 bits per heavy atom. The van der Waals surface area contributed by atoms with Gasteiger partial charge < -0.3 is 0 Å². The zero-order valence-corrected chi connectivity index (χ0v) is 9.52. The van der Waals surface area contributed by atoms with Crippen LogP contribution < -0.4 is 0 Å². The van der Waals surface area contributed by atoms with E-state index in [4.69, 9.17) is 0 Å². The molecule has 0 saturated heterocycles. The van der Waals surface area contributed by atoms with Crippen LogP contribution in [0.25, 0.3) is 0 Å². The molecule has 3 heteroatoms. The van der Waals surface area contributed by atoms with Crippen molar-refractivity contribution in [2.24, 2.45) is 0 Å². The molecule has 0 spiro atoms. The lowest BCUT2D eigenvalue weighted by Crippen LogP contribution is -1.77. The molecule has 62 valence electrons. The molecule has 0 atom stereocenters. The standard InChI is InChI=1S/C9H7Br2N/c10-4-2-1-3-8-5-9(11)7-12-6-8/h5-7H,2,4H2. The van der Waals surface area contributed by atoms with Gasteiger partial charge in [-0.3, -0.25) is 4.98 Å². The van der Waals surface area contributed by atoms with Crippen LogP contribution in [-0.2, 0) is 0 Å². The highest BCUT2D eigenvalue weighted by atomic mass is 79.9. The Balaban J connectivity index is 2.71. The third-order valence-corrected chi connectivity index (χ3v) is 1.99. The summed E-state index contributed by atoms with van der Waals surface area (Å²) in [4.78, 5) is 4.00. The van der Waals surface area contributed by atoms with Crippen molar-refractivity contribution in [2.75, 3.05) is 5.33 Å². The maximum atomic E-state index is 4.00. The highest BCUT2D eigenvalue weighted by Crippen LogP contribution is 2.08. The second-order valence-electron chi connectivity index (χ2n) is 2.13. The summed E-state index contributed by atoms with van der Waals surface area (Å²) >= 11 is 6.64. The molecule has 0 radical (unpaired) electrons. The van der Waals surface area contributed by atoms with Gasteiger partial charge >= 0.3 is 0 Å². The van der Waals surface area contributed by atoms with E-state index in [-0.39, 0.29) is 0 Å². The van der Waals surface area contributed by atoms with Crippen molar-refractivity contribution in [3.8, 4) is 11.8 Å². The van der Waals surface area contributed by atoms with E-state index in [9.17, 15) is 0 Å². The number of rotatable bonds is 1. The lowest BCUT2D eigenvalue weighted by atomic mass is 10.3. The van der Waals surface area contributed by atoms with E-state index in [1.807, 2.05) is 6.07 Å². The van der Waals surface area contributed by atoms with Crippen molar-refractivity contribution in [3.05, 3.63) is 28.5 Å². The van der Waals surface area contributed by atoms with Crippen LogP contribution in [0.5, 0.6) is 0 Å². The molecule has 0 bridgehead atoms. The van der Waals surface area contributed by atoms with Crippen molar-refractivity contribution in [2.45, 2.75) is 6.42 Å². The highest BCUT2D eigenvalue weighted by molar-refractivity contribution is 9.10. The third-order valence-electron chi connectivity index (χ3n) is 1.16. The first-order chi connectivity index (χ1) is 5.83. The summed E-state index contributed by atoms with van der Waals surface area (Å²) in [5.74, 6) is 6.03. The van der Waals surface area contributed by atoms with E-state index in [0.29, 0.717) is 0 Å². The largest absolute Gasteiger partial charge is 0.262 e. The summed E-state index contributed by atoms with van der Waals surface area (Å²) in [7, 11) is 0. The number of hydrogen-bond donors (Lipinski definition) is 0. The van der Waals surface area contributed by atoms with Crippen molar-refractivity contribution in [1.29, 1.82) is 0 Å². The fourth-order valence-corrected chi connectivity index (χ4v) is 1.26. The minimum absolute atomic E-state index is 0.868. The quantitative estimate of drug-likeness (QED) is 0.572. The maximum absolute atomic E-state index is 4.00. The van der Waals surface area contributed by atoms with E-state index >= 15 is 0 Å². The molecular formula is C9H7Br2N. The Morgan fingerprint density at radius 2 is 2.25 bits per heavy atom. The van der Waals surface area contributed by atoms with E-state index in [1.54, 1.807) is 12.4 Å². The molecule has 1 nitrogen and oxygen atoms in total. The number of pyridine rings is 1. The number of halogens is 2. The van der Waals surface area contributed by atoms with E-state index in [1.165, 1.54) is 0 Å². The molecule has 0 N–H and O–H groups in total.